The van der Waals surface area contributed by atoms with E-state index in [9.17, 15) is 0 Å². The molecule has 1 aromatic carbocycles. The second-order valence-electron chi connectivity index (χ2n) is 4.10. The molecule has 0 spiro atoms. The molecule has 0 saturated carbocycles. The second-order valence-corrected chi connectivity index (χ2v) is 4.51. The van der Waals surface area contributed by atoms with E-state index in [1.807, 2.05) is 41.0 Å². The lowest BCUT2D eigenvalue weighted by molar-refractivity contribution is 0.904. The molecule has 5 heteroatoms. The van der Waals surface area contributed by atoms with Gasteiger partial charge in [-0.2, -0.15) is 0 Å². The van der Waals surface area contributed by atoms with Crippen molar-refractivity contribution in [3.8, 4) is 5.69 Å². The number of hydrogen-bond acceptors (Lipinski definition) is 3. The first-order chi connectivity index (χ1) is 9.34. The van der Waals surface area contributed by atoms with Gasteiger partial charge in [-0.05, 0) is 29.8 Å². The molecule has 0 aliphatic heterocycles. The van der Waals surface area contributed by atoms with Crippen LogP contribution in [0.15, 0.2) is 55.1 Å². The van der Waals surface area contributed by atoms with Gasteiger partial charge < -0.3 is 0 Å². The summed E-state index contributed by atoms with van der Waals surface area (Å²) in [4.78, 5) is 4.01. The Morgan fingerprint density at radius 2 is 1.84 bits per heavy atom. The van der Waals surface area contributed by atoms with Crippen LogP contribution in [-0.4, -0.2) is 19.7 Å². The molecule has 4 nitrogen and oxygen atoms in total. The van der Waals surface area contributed by atoms with Crippen molar-refractivity contribution >= 4 is 11.6 Å². The lowest BCUT2D eigenvalue weighted by Crippen LogP contribution is -2.02. The first-order valence-electron chi connectivity index (χ1n) is 5.87. The Morgan fingerprint density at radius 3 is 2.63 bits per heavy atom. The van der Waals surface area contributed by atoms with Gasteiger partial charge in [0.05, 0.1) is 10.7 Å². The fourth-order valence-corrected chi connectivity index (χ4v) is 2.14. The molecule has 94 valence electrons. The minimum atomic E-state index is 0.679. The third kappa shape index (κ3) is 2.48. The van der Waals surface area contributed by atoms with E-state index in [0.29, 0.717) is 11.4 Å². The molecular formula is C14H11ClN4. The molecule has 3 rings (SSSR count). The maximum Gasteiger partial charge on any atom is 0.141 e. The van der Waals surface area contributed by atoms with Crippen LogP contribution >= 0.6 is 11.6 Å². The molecule has 19 heavy (non-hydrogen) atoms. The number of aromatic nitrogens is 4. The number of para-hydroxylation sites is 1. The van der Waals surface area contributed by atoms with Crippen molar-refractivity contribution in [3.63, 3.8) is 0 Å². The number of hydrogen-bond donors (Lipinski definition) is 0. The summed E-state index contributed by atoms with van der Waals surface area (Å²) >= 11 is 6.20. The Bertz CT molecular complexity index is 679. The van der Waals surface area contributed by atoms with Gasteiger partial charge in [-0.1, -0.05) is 23.7 Å². The molecule has 0 unspecified atom stereocenters. The molecule has 0 N–H and O–H groups in total. The van der Waals surface area contributed by atoms with E-state index < -0.39 is 0 Å². The van der Waals surface area contributed by atoms with Crippen molar-refractivity contribution < 1.29 is 0 Å². The zero-order valence-corrected chi connectivity index (χ0v) is 10.8. The molecule has 2 aromatic heterocycles. The first kappa shape index (κ1) is 11.9. The normalized spacial score (nSPS) is 10.6. The fourth-order valence-electron chi connectivity index (χ4n) is 1.91. The molecule has 0 amide bonds. The molecule has 0 atom stereocenters. The Balaban J connectivity index is 1.98. The summed E-state index contributed by atoms with van der Waals surface area (Å²) in [6.45, 7) is 0. The van der Waals surface area contributed by atoms with Gasteiger partial charge in [-0.3, -0.25) is 9.55 Å². The molecule has 0 radical (unpaired) electrons. The number of benzene rings is 1. The topological polar surface area (TPSA) is 43.6 Å². The molecule has 0 saturated heterocycles. The van der Waals surface area contributed by atoms with E-state index in [0.717, 1.165) is 17.1 Å². The predicted octanol–water partition coefficient (Wildman–Crippen LogP) is 2.91. The van der Waals surface area contributed by atoms with E-state index in [1.165, 1.54) is 0 Å². The van der Waals surface area contributed by atoms with Crippen molar-refractivity contribution in [2.24, 2.45) is 0 Å². The molecule has 2 heterocycles. The van der Waals surface area contributed by atoms with Crippen LogP contribution in [0.4, 0.5) is 0 Å². The molecular weight excluding hydrogens is 260 g/mol. The maximum absolute atomic E-state index is 6.20. The predicted molar refractivity (Wildman–Crippen MR) is 73.4 cm³/mol. The van der Waals surface area contributed by atoms with Crippen LogP contribution in [0, 0.1) is 0 Å². The van der Waals surface area contributed by atoms with Gasteiger partial charge in [-0.25, -0.2) is 0 Å². The quantitative estimate of drug-likeness (QED) is 0.735. The minimum absolute atomic E-state index is 0.679. The van der Waals surface area contributed by atoms with Crippen LogP contribution in [0.3, 0.4) is 0 Å². The maximum atomic E-state index is 6.20. The minimum Gasteiger partial charge on any atom is -0.284 e. The average molecular weight is 271 g/mol. The van der Waals surface area contributed by atoms with Gasteiger partial charge >= 0.3 is 0 Å². The first-order valence-corrected chi connectivity index (χ1v) is 6.25. The SMILES string of the molecule is Clc1ccccc1-n1cnnc1Cc1ccncc1. The third-order valence-electron chi connectivity index (χ3n) is 2.84. The molecule has 0 aliphatic rings. The highest BCUT2D eigenvalue weighted by molar-refractivity contribution is 6.32. The number of nitrogens with zero attached hydrogens (tertiary/aromatic N) is 4. The van der Waals surface area contributed by atoms with Crippen molar-refractivity contribution in [2.45, 2.75) is 6.42 Å². The summed E-state index contributed by atoms with van der Waals surface area (Å²) in [6, 6.07) is 11.6. The highest BCUT2D eigenvalue weighted by Gasteiger charge is 2.09. The highest BCUT2D eigenvalue weighted by Crippen LogP contribution is 2.21. The highest BCUT2D eigenvalue weighted by atomic mass is 35.5. The summed E-state index contributed by atoms with van der Waals surface area (Å²) in [6.07, 6.45) is 5.91. The molecule has 0 aliphatic carbocycles. The van der Waals surface area contributed by atoms with Crippen LogP contribution in [0.25, 0.3) is 5.69 Å². The summed E-state index contributed by atoms with van der Waals surface area (Å²) < 4.78 is 1.91. The van der Waals surface area contributed by atoms with E-state index in [2.05, 4.69) is 15.2 Å². The number of pyridine rings is 1. The largest absolute Gasteiger partial charge is 0.284 e. The Labute approximate surface area is 115 Å². The van der Waals surface area contributed by atoms with Gasteiger partial charge in [0.15, 0.2) is 0 Å². The molecule has 0 bridgehead atoms. The Kier molecular flexibility index (Phi) is 3.25. The average Bonchev–Trinajstić information content (AvgIpc) is 2.88. The van der Waals surface area contributed by atoms with Gasteiger partial charge in [-0.15, -0.1) is 10.2 Å². The lowest BCUT2D eigenvalue weighted by atomic mass is 10.2. The van der Waals surface area contributed by atoms with E-state index in [4.69, 9.17) is 11.6 Å². The van der Waals surface area contributed by atoms with Gasteiger partial charge in [0.25, 0.3) is 0 Å². The smallest absolute Gasteiger partial charge is 0.141 e. The van der Waals surface area contributed by atoms with Gasteiger partial charge in [0.2, 0.25) is 0 Å². The summed E-state index contributed by atoms with van der Waals surface area (Å²) in [5.74, 6) is 0.847. The van der Waals surface area contributed by atoms with Gasteiger partial charge in [0.1, 0.15) is 12.2 Å². The standard InChI is InChI=1S/C14H11ClN4/c15-12-3-1-2-4-13(12)19-10-17-18-14(19)9-11-5-7-16-8-6-11/h1-8,10H,9H2. The summed E-state index contributed by atoms with van der Waals surface area (Å²) in [5.41, 5.74) is 2.02. The van der Waals surface area contributed by atoms with Gasteiger partial charge in [0, 0.05) is 18.8 Å². The van der Waals surface area contributed by atoms with Crippen LogP contribution in [-0.2, 0) is 6.42 Å². The third-order valence-corrected chi connectivity index (χ3v) is 3.16. The Hall–Kier alpha value is -2.20. The van der Waals surface area contributed by atoms with Crippen molar-refractivity contribution in [1.82, 2.24) is 19.7 Å². The fraction of sp³-hybridized carbons (Fsp3) is 0.0714. The molecule has 3 aromatic rings. The van der Waals surface area contributed by atoms with Crippen LogP contribution in [0.5, 0.6) is 0 Å². The lowest BCUT2D eigenvalue weighted by Gasteiger charge is -2.08. The van der Waals surface area contributed by atoms with Crippen molar-refractivity contribution in [3.05, 3.63) is 71.5 Å². The number of halogens is 1. The monoisotopic (exact) mass is 270 g/mol. The van der Waals surface area contributed by atoms with Crippen LogP contribution < -0.4 is 0 Å². The zero-order valence-electron chi connectivity index (χ0n) is 10.1. The van der Waals surface area contributed by atoms with E-state index >= 15 is 0 Å². The Morgan fingerprint density at radius 1 is 1.05 bits per heavy atom. The number of rotatable bonds is 3. The van der Waals surface area contributed by atoms with Crippen molar-refractivity contribution in [1.29, 1.82) is 0 Å². The van der Waals surface area contributed by atoms with Crippen LogP contribution in [0.2, 0.25) is 5.02 Å². The van der Waals surface area contributed by atoms with E-state index in [-0.39, 0.29) is 0 Å². The second kappa shape index (κ2) is 5.20. The van der Waals surface area contributed by atoms with E-state index in [1.54, 1.807) is 18.7 Å². The summed E-state index contributed by atoms with van der Waals surface area (Å²) in [5, 5.41) is 8.82. The van der Waals surface area contributed by atoms with Crippen LogP contribution in [0.1, 0.15) is 11.4 Å². The zero-order chi connectivity index (χ0) is 13.1. The summed E-state index contributed by atoms with van der Waals surface area (Å²) in [7, 11) is 0. The molecule has 0 fully saturated rings. The van der Waals surface area contributed by atoms with Crippen molar-refractivity contribution in [2.75, 3.05) is 0 Å².